The van der Waals surface area contributed by atoms with Crippen molar-refractivity contribution in [1.29, 1.82) is 0 Å². The quantitative estimate of drug-likeness (QED) is 0.614. The number of fused-ring (bicyclic) bond motifs is 1. The van der Waals surface area contributed by atoms with Crippen LogP contribution in [0, 0.1) is 0 Å². The highest BCUT2D eigenvalue weighted by Crippen LogP contribution is 2.35. The minimum Gasteiger partial charge on any atom is -0.497 e. The van der Waals surface area contributed by atoms with Gasteiger partial charge in [-0.05, 0) is 28.5 Å². The van der Waals surface area contributed by atoms with Crippen LogP contribution >= 0.6 is 11.6 Å². The first-order valence-corrected chi connectivity index (χ1v) is 9.32. The lowest BCUT2D eigenvalue weighted by molar-refractivity contribution is -0.130. The SMILES string of the molecule is COc1ccc(C2CC(c3cccc4ccccc34)=NN2C(=O)CCl)cc1. The first-order chi connectivity index (χ1) is 13.2. The van der Waals surface area contributed by atoms with Crippen LogP contribution in [0.4, 0.5) is 0 Å². The number of hydrogen-bond donors (Lipinski definition) is 0. The van der Waals surface area contributed by atoms with E-state index in [9.17, 15) is 4.79 Å². The molecule has 27 heavy (non-hydrogen) atoms. The summed E-state index contributed by atoms with van der Waals surface area (Å²) in [5.41, 5.74) is 2.95. The van der Waals surface area contributed by atoms with Crippen molar-refractivity contribution in [3.8, 4) is 5.75 Å². The molecule has 136 valence electrons. The second kappa shape index (κ2) is 7.41. The number of alkyl halides is 1. The highest BCUT2D eigenvalue weighted by molar-refractivity contribution is 6.27. The van der Waals surface area contributed by atoms with Crippen LogP contribution in [-0.2, 0) is 4.79 Å². The zero-order chi connectivity index (χ0) is 18.8. The molecule has 0 saturated carbocycles. The molecule has 0 N–H and O–H groups in total. The Morgan fingerprint density at radius 1 is 1.11 bits per heavy atom. The molecule has 1 atom stereocenters. The van der Waals surface area contributed by atoms with E-state index in [1.54, 1.807) is 7.11 Å². The summed E-state index contributed by atoms with van der Waals surface area (Å²) in [5.74, 6) is 0.480. The fourth-order valence-corrected chi connectivity index (χ4v) is 3.65. The van der Waals surface area contributed by atoms with Crippen LogP contribution in [0.3, 0.4) is 0 Å². The molecule has 0 aliphatic carbocycles. The van der Waals surface area contributed by atoms with E-state index in [0.717, 1.165) is 33.4 Å². The number of rotatable bonds is 4. The predicted octanol–water partition coefficient (Wildman–Crippen LogP) is 4.76. The van der Waals surface area contributed by atoms with Crippen LogP contribution in [0.2, 0.25) is 0 Å². The summed E-state index contributed by atoms with van der Waals surface area (Å²) in [6, 6.07) is 21.9. The Bertz CT molecular complexity index is 1010. The molecule has 5 heteroatoms. The van der Waals surface area contributed by atoms with Crippen molar-refractivity contribution in [3.05, 3.63) is 77.9 Å². The molecule has 1 aliphatic rings. The highest BCUT2D eigenvalue weighted by atomic mass is 35.5. The van der Waals surface area contributed by atoms with Gasteiger partial charge in [-0.2, -0.15) is 5.10 Å². The van der Waals surface area contributed by atoms with Crippen molar-refractivity contribution in [1.82, 2.24) is 5.01 Å². The number of halogens is 1. The largest absolute Gasteiger partial charge is 0.497 e. The number of nitrogens with zero attached hydrogens (tertiary/aromatic N) is 2. The van der Waals surface area contributed by atoms with Gasteiger partial charge in [-0.3, -0.25) is 4.79 Å². The summed E-state index contributed by atoms with van der Waals surface area (Å²) in [6.07, 6.45) is 0.642. The fourth-order valence-electron chi connectivity index (χ4n) is 3.53. The number of carbonyl (C=O) groups is 1. The van der Waals surface area contributed by atoms with E-state index in [-0.39, 0.29) is 17.8 Å². The number of carbonyl (C=O) groups excluding carboxylic acids is 1. The molecule has 1 unspecified atom stereocenters. The Balaban J connectivity index is 1.75. The maximum atomic E-state index is 12.4. The Morgan fingerprint density at radius 2 is 1.85 bits per heavy atom. The van der Waals surface area contributed by atoms with Crippen LogP contribution in [0.1, 0.15) is 23.6 Å². The third kappa shape index (κ3) is 3.28. The monoisotopic (exact) mass is 378 g/mol. The zero-order valence-electron chi connectivity index (χ0n) is 14.9. The number of methoxy groups -OCH3 is 1. The minimum absolute atomic E-state index is 0.0982. The molecule has 0 radical (unpaired) electrons. The average Bonchev–Trinajstić information content (AvgIpc) is 3.18. The molecule has 3 aromatic carbocycles. The Morgan fingerprint density at radius 3 is 2.59 bits per heavy atom. The summed E-state index contributed by atoms with van der Waals surface area (Å²) in [6.45, 7) is 0. The summed E-state index contributed by atoms with van der Waals surface area (Å²) in [5, 5.41) is 8.47. The van der Waals surface area contributed by atoms with E-state index in [1.165, 1.54) is 5.01 Å². The molecule has 0 bridgehead atoms. The molecule has 4 rings (SSSR count). The molecule has 1 aliphatic heterocycles. The van der Waals surface area contributed by atoms with Crippen molar-refractivity contribution < 1.29 is 9.53 Å². The Labute approximate surface area is 163 Å². The molecule has 1 amide bonds. The van der Waals surface area contributed by atoms with Crippen molar-refractivity contribution in [2.24, 2.45) is 5.10 Å². The topological polar surface area (TPSA) is 41.9 Å². The molecule has 0 fully saturated rings. The minimum atomic E-state index is -0.201. The van der Waals surface area contributed by atoms with Crippen molar-refractivity contribution in [2.75, 3.05) is 13.0 Å². The number of hydrogen-bond acceptors (Lipinski definition) is 3. The summed E-state index contributed by atoms with van der Waals surface area (Å²) >= 11 is 5.84. The molecule has 3 aromatic rings. The van der Waals surface area contributed by atoms with Crippen molar-refractivity contribution in [3.63, 3.8) is 0 Å². The highest BCUT2D eigenvalue weighted by Gasteiger charge is 2.33. The van der Waals surface area contributed by atoms with Crippen molar-refractivity contribution >= 4 is 34.0 Å². The van der Waals surface area contributed by atoms with E-state index >= 15 is 0 Å². The number of ether oxygens (including phenoxy) is 1. The van der Waals surface area contributed by atoms with Gasteiger partial charge < -0.3 is 4.74 Å². The van der Waals surface area contributed by atoms with Crippen LogP contribution < -0.4 is 4.74 Å². The summed E-state index contributed by atoms with van der Waals surface area (Å²) in [7, 11) is 1.63. The summed E-state index contributed by atoms with van der Waals surface area (Å²) in [4.78, 5) is 12.4. The first-order valence-electron chi connectivity index (χ1n) is 8.79. The third-order valence-electron chi connectivity index (χ3n) is 4.88. The zero-order valence-corrected chi connectivity index (χ0v) is 15.7. The van der Waals surface area contributed by atoms with E-state index in [0.29, 0.717) is 6.42 Å². The Kier molecular flexibility index (Phi) is 4.82. The third-order valence-corrected chi connectivity index (χ3v) is 5.11. The van der Waals surface area contributed by atoms with Crippen molar-refractivity contribution in [2.45, 2.75) is 12.5 Å². The van der Waals surface area contributed by atoms with Crippen LogP contribution in [0.5, 0.6) is 5.75 Å². The smallest absolute Gasteiger partial charge is 0.258 e. The van der Waals surface area contributed by atoms with Gasteiger partial charge >= 0.3 is 0 Å². The van der Waals surface area contributed by atoms with Gasteiger partial charge in [0.15, 0.2) is 0 Å². The second-order valence-electron chi connectivity index (χ2n) is 6.44. The van der Waals surface area contributed by atoms with Gasteiger partial charge in [-0.1, -0.05) is 54.6 Å². The van der Waals surface area contributed by atoms with Gasteiger partial charge in [0.05, 0.1) is 18.9 Å². The van der Waals surface area contributed by atoms with Crippen LogP contribution in [0.25, 0.3) is 10.8 Å². The molecule has 0 aromatic heterocycles. The lowest BCUT2D eigenvalue weighted by Crippen LogP contribution is -2.27. The van der Waals surface area contributed by atoms with E-state index < -0.39 is 0 Å². The number of hydrazone groups is 1. The fraction of sp³-hybridized carbons (Fsp3) is 0.182. The number of benzene rings is 3. The molecule has 1 heterocycles. The van der Waals surface area contributed by atoms with E-state index in [2.05, 4.69) is 29.4 Å². The average molecular weight is 379 g/mol. The summed E-state index contributed by atoms with van der Waals surface area (Å²) < 4.78 is 5.24. The maximum Gasteiger partial charge on any atom is 0.258 e. The van der Waals surface area contributed by atoms with Gasteiger partial charge in [0.1, 0.15) is 11.6 Å². The first kappa shape index (κ1) is 17.6. The second-order valence-corrected chi connectivity index (χ2v) is 6.71. The lowest BCUT2D eigenvalue weighted by Gasteiger charge is -2.21. The van der Waals surface area contributed by atoms with Gasteiger partial charge in [0.2, 0.25) is 0 Å². The van der Waals surface area contributed by atoms with Gasteiger partial charge in [-0.25, -0.2) is 5.01 Å². The van der Waals surface area contributed by atoms with E-state index in [1.807, 2.05) is 42.5 Å². The van der Waals surface area contributed by atoms with Crippen LogP contribution in [0.15, 0.2) is 71.8 Å². The van der Waals surface area contributed by atoms with Gasteiger partial charge in [-0.15, -0.1) is 11.6 Å². The lowest BCUT2D eigenvalue weighted by atomic mass is 9.95. The van der Waals surface area contributed by atoms with Gasteiger partial charge in [0, 0.05) is 12.0 Å². The Hall–Kier alpha value is -2.85. The van der Waals surface area contributed by atoms with E-state index in [4.69, 9.17) is 16.3 Å². The molecular weight excluding hydrogens is 360 g/mol. The van der Waals surface area contributed by atoms with Gasteiger partial charge in [0.25, 0.3) is 5.91 Å². The number of amides is 1. The van der Waals surface area contributed by atoms with Crippen LogP contribution in [-0.4, -0.2) is 29.6 Å². The predicted molar refractivity (Wildman–Crippen MR) is 108 cm³/mol. The molecular formula is C22H19ClN2O2. The standard InChI is InChI=1S/C22H19ClN2O2/c1-27-17-11-9-16(10-12-17)21-13-20(24-25(21)22(26)14-23)19-8-4-6-15-5-2-3-7-18(15)19/h2-12,21H,13-14H2,1H3. The molecule has 4 nitrogen and oxygen atoms in total. The normalized spacial score (nSPS) is 16.4. The molecule has 0 saturated heterocycles. The molecule has 0 spiro atoms. The maximum absolute atomic E-state index is 12.4.